The zero-order chi connectivity index (χ0) is 13.9. The molecule has 1 aliphatic rings. The SMILES string of the molecule is CC(O)C1CCC(N(C)C(=O)OC(C)(C)C)CC1. The third-order valence-corrected chi connectivity index (χ3v) is 3.65. The largest absolute Gasteiger partial charge is 0.444 e. The summed E-state index contributed by atoms with van der Waals surface area (Å²) in [7, 11) is 1.81. The first-order chi connectivity index (χ1) is 8.20. The molecule has 0 radical (unpaired) electrons. The predicted molar refractivity (Wildman–Crippen MR) is 71.4 cm³/mol. The lowest BCUT2D eigenvalue weighted by molar-refractivity contribution is 0.0130. The predicted octanol–water partition coefficient (Wildman–Crippen LogP) is 2.79. The van der Waals surface area contributed by atoms with Crippen LogP contribution >= 0.6 is 0 Å². The molecule has 1 N–H and O–H groups in total. The Morgan fingerprint density at radius 2 is 1.78 bits per heavy atom. The molecular weight excluding hydrogens is 230 g/mol. The van der Waals surface area contributed by atoms with Gasteiger partial charge in [0.1, 0.15) is 5.60 Å². The molecule has 4 nitrogen and oxygen atoms in total. The molecule has 1 rings (SSSR count). The van der Waals surface area contributed by atoms with Crippen molar-refractivity contribution in [1.82, 2.24) is 4.90 Å². The molecule has 106 valence electrons. The Hall–Kier alpha value is -0.770. The van der Waals surface area contributed by atoms with Gasteiger partial charge in [0.25, 0.3) is 0 Å². The molecule has 4 heteroatoms. The van der Waals surface area contributed by atoms with Crippen molar-refractivity contribution in [2.75, 3.05) is 7.05 Å². The lowest BCUT2D eigenvalue weighted by Crippen LogP contribution is -2.43. The molecule has 1 atom stereocenters. The maximum atomic E-state index is 11.9. The molecule has 0 saturated heterocycles. The van der Waals surface area contributed by atoms with Crippen molar-refractivity contribution in [2.24, 2.45) is 5.92 Å². The summed E-state index contributed by atoms with van der Waals surface area (Å²) in [5.74, 6) is 0.383. The van der Waals surface area contributed by atoms with Crippen LogP contribution in [-0.4, -0.2) is 40.9 Å². The minimum Gasteiger partial charge on any atom is -0.444 e. The summed E-state index contributed by atoms with van der Waals surface area (Å²) in [5.41, 5.74) is -0.442. The average Bonchev–Trinajstić information content (AvgIpc) is 2.26. The number of rotatable bonds is 2. The Balaban J connectivity index is 2.45. The summed E-state index contributed by atoms with van der Waals surface area (Å²) in [6.45, 7) is 7.48. The van der Waals surface area contributed by atoms with Gasteiger partial charge in [-0.15, -0.1) is 0 Å². The smallest absolute Gasteiger partial charge is 0.410 e. The van der Waals surface area contributed by atoms with Crippen molar-refractivity contribution >= 4 is 6.09 Å². The van der Waals surface area contributed by atoms with E-state index in [9.17, 15) is 9.90 Å². The van der Waals surface area contributed by atoms with E-state index in [0.717, 1.165) is 25.7 Å². The Morgan fingerprint density at radius 3 is 2.17 bits per heavy atom. The Kier molecular flexibility index (Phi) is 5.02. The highest BCUT2D eigenvalue weighted by Gasteiger charge is 2.30. The van der Waals surface area contributed by atoms with E-state index in [2.05, 4.69) is 0 Å². The second kappa shape index (κ2) is 5.91. The number of ether oxygens (including phenoxy) is 1. The fourth-order valence-corrected chi connectivity index (χ4v) is 2.45. The van der Waals surface area contributed by atoms with Crippen LogP contribution in [-0.2, 0) is 4.74 Å². The monoisotopic (exact) mass is 257 g/mol. The Bertz CT molecular complexity index is 275. The number of hydrogen-bond donors (Lipinski definition) is 1. The van der Waals surface area contributed by atoms with E-state index in [1.54, 1.807) is 11.9 Å². The van der Waals surface area contributed by atoms with Gasteiger partial charge in [0.15, 0.2) is 0 Å². The van der Waals surface area contributed by atoms with Gasteiger partial charge < -0.3 is 14.7 Å². The first kappa shape index (κ1) is 15.3. The molecule has 0 aromatic rings. The highest BCUT2D eigenvalue weighted by Crippen LogP contribution is 2.29. The molecule has 18 heavy (non-hydrogen) atoms. The van der Waals surface area contributed by atoms with Gasteiger partial charge in [-0.1, -0.05) is 0 Å². The van der Waals surface area contributed by atoms with Gasteiger partial charge in [0, 0.05) is 13.1 Å². The summed E-state index contributed by atoms with van der Waals surface area (Å²) in [4.78, 5) is 13.6. The fourth-order valence-electron chi connectivity index (χ4n) is 2.45. The number of amides is 1. The van der Waals surface area contributed by atoms with E-state index in [4.69, 9.17) is 4.74 Å². The van der Waals surface area contributed by atoms with Gasteiger partial charge in [-0.2, -0.15) is 0 Å². The first-order valence-electron chi connectivity index (χ1n) is 6.84. The van der Waals surface area contributed by atoms with Crippen molar-refractivity contribution in [1.29, 1.82) is 0 Å². The molecule has 1 fully saturated rings. The van der Waals surface area contributed by atoms with Crippen molar-refractivity contribution in [3.63, 3.8) is 0 Å². The topological polar surface area (TPSA) is 49.8 Å². The minimum absolute atomic E-state index is 0.238. The van der Waals surface area contributed by atoms with E-state index in [1.807, 2.05) is 27.7 Å². The van der Waals surface area contributed by atoms with Crippen LogP contribution in [0.2, 0.25) is 0 Å². The molecule has 0 aromatic carbocycles. The Labute approximate surface area is 110 Å². The molecule has 0 bridgehead atoms. The Morgan fingerprint density at radius 1 is 1.28 bits per heavy atom. The van der Waals surface area contributed by atoms with E-state index < -0.39 is 5.60 Å². The van der Waals surface area contributed by atoms with Crippen molar-refractivity contribution in [3.05, 3.63) is 0 Å². The van der Waals surface area contributed by atoms with E-state index in [1.165, 1.54) is 0 Å². The quantitative estimate of drug-likeness (QED) is 0.827. The summed E-state index contributed by atoms with van der Waals surface area (Å²) in [5, 5.41) is 9.56. The van der Waals surface area contributed by atoms with Crippen molar-refractivity contribution in [2.45, 2.75) is 71.1 Å². The molecule has 0 heterocycles. The number of aliphatic hydroxyl groups is 1. The van der Waals surface area contributed by atoms with Crippen LogP contribution in [0.4, 0.5) is 4.79 Å². The fraction of sp³-hybridized carbons (Fsp3) is 0.929. The third kappa shape index (κ3) is 4.48. The van der Waals surface area contributed by atoms with Crippen LogP contribution < -0.4 is 0 Å². The van der Waals surface area contributed by atoms with Gasteiger partial charge >= 0.3 is 6.09 Å². The van der Waals surface area contributed by atoms with Crippen molar-refractivity contribution < 1.29 is 14.6 Å². The number of nitrogens with zero attached hydrogens (tertiary/aromatic N) is 1. The lowest BCUT2D eigenvalue weighted by Gasteiger charge is -2.36. The number of carbonyl (C=O) groups is 1. The van der Waals surface area contributed by atoms with Crippen LogP contribution in [0.1, 0.15) is 53.4 Å². The normalized spacial score (nSPS) is 26.6. The third-order valence-electron chi connectivity index (χ3n) is 3.65. The van der Waals surface area contributed by atoms with Crippen LogP contribution in [0.5, 0.6) is 0 Å². The maximum absolute atomic E-state index is 11.9. The van der Waals surface area contributed by atoms with Crippen LogP contribution in [0.15, 0.2) is 0 Å². The molecule has 1 unspecified atom stereocenters. The molecule has 1 saturated carbocycles. The molecule has 1 aliphatic carbocycles. The van der Waals surface area contributed by atoms with E-state index >= 15 is 0 Å². The van der Waals surface area contributed by atoms with Gasteiger partial charge in [-0.05, 0) is 59.3 Å². The number of aliphatic hydroxyl groups excluding tert-OH is 1. The van der Waals surface area contributed by atoms with Crippen molar-refractivity contribution in [3.8, 4) is 0 Å². The number of hydrogen-bond acceptors (Lipinski definition) is 3. The molecule has 1 amide bonds. The van der Waals surface area contributed by atoms with Gasteiger partial charge in [0.05, 0.1) is 6.10 Å². The van der Waals surface area contributed by atoms with Gasteiger partial charge in [-0.3, -0.25) is 0 Å². The maximum Gasteiger partial charge on any atom is 0.410 e. The molecule has 0 spiro atoms. The number of carbonyl (C=O) groups excluding carboxylic acids is 1. The van der Waals surface area contributed by atoms with Gasteiger partial charge in [0.2, 0.25) is 0 Å². The summed E-state index contributed by atoms with van der Waals surface area (Å²) in [6, 6.07) is 0.245. The van der Waals surface area contributed by atoms with Crippen LogP contribution in [0, 0.1) is 5.92 Å². The highest BCUT2D eigenvalue weighted by molar-refractivity contribution is 5.68. The van der Waals surface area contributed by atoms with E-state index in [0.29, 0.717) is 5.92 Å². The summed E-state index contributed by atoms with van der Waals surface area (Å²) < 4.78 is 5.36. The summed E-state index contributed by atoms with van der Waals surface area (Å²) in [6.07, 6.45) is 3.38. The zero-order valence-electron chi connectivity index (χ0n) is 12.3. The van der Waals surface area contributed by atoms with Crippen LogP contribution in [0.25, 0.3) is 0 Å². The molecular formula is C14H27NO3. The minimum atomic E-state index is -0.442. The van der Waals surface area contributed by atoms with E-state index in [-0.39, 0.29) is 18.2 Å². The lowest BCUT2D eigenvalue weighted by atomic mass is 9.83. The second-order valence-corrected chi connectivity index (χ2v) is 6.40. The summed E-state index contributed by atoms with van der Waals surface area (Å²) >= 11 is 0. The van der Waals surface area contributed by atoms with Crippen LogP contribution in [0.3, 0.4) is 0 Å². The zero-order valence-corrected chi connectivity index (χ0v) is 12.3. The molecule has 0 aliphatic heterocycles. The second-order valence-electron chi connectivity index (χ2n) is 6.40. The highest BCUT2D eigenvalue weighted by atomic mass is 16.6. The molecule has 0 aromatic heterocycles. The average molecular weight is 257 g/mol. The first-order valence-corrected chi connectivity index (χ1v) is 6.84. The van der Waals surface area contributed by atoms with Gasteiger partial charge in [-0.25, -0.2) is 4.79 Å². The standard InChI is InChI=1S/C14H27NO3/c1-10(16)11-6-8-12(9-7-11)15(5)13(17)18-14(2,3)4/h10-12,16H,6-9H2,1-5H3.